The standard InChI is InChI=1S/2C13H21NO4/c2*1-13(2,3)18-12(17)14-6-9-4-8(11(15)16)5-10(9)7-14/h2*8-10H,4-7H2,1-3H3,(H,15,16)/t2*8?,9-,10+. The maximum absolute atomic E-state index is 11.9. The summed E-state index contributed by atoms with van der Waals surface area (Å²) >= 11 is 0. The maximum Gasteiger partial charge on any atom is 0.410 e. The van der Waals surface area contributed by atoms with Crippen LogP contribution in [0.4, 0.5) is 9.59 Å². The third-order valence-corrected chi connectivity index (χ3v) is 7.50. The van der Waals surface area contributed by atoms with Crippen molar-refractivity contribution in [1.29, 1.82) is 0 Å². The van der Waals surface area contributed by atoms with E-state index in [1.165, 1.54) is 0 Å². The lowest BCUT2D eigenvalue weighted by Gasteiger charge is -2.25. The number of rotatable bonds is 2. The molecule has 0 aromatic rings. The van der Waals surface area contributed by atoms with E-state index < -0.39 is 23.1 Å². The highest BCUT2D eigenvalue weighted by Gasteiger charge is 2.46. The topological polar surface area (TPSA) is 134 Å². The van der Waals surface area contributed by atoms with Crippen LogP contribution in [-0.2, 0) is 19.1 Å². The van der Waals surface area contributed by atoms with Gasteiger partial charge in [-0.3, -0.25) is 9.59 Å². The van der Waals surface area contributed by atoms with E-state index in [-0.39, 0.29) is 24.0 Å². The summed E-state index contributed by atoms with van der Waals surface area (Å²) < 4.78 is 10.7. The lowest BCUT2D eigenvalue weighted by atomic mass is 10.0. The van der Waals surface area contributed by atoms with Crippen LogP contribution in [0.1, 0.15) is 67.2 Å². The van der Waals surface area contributed by atoms with E-state index in [0.29, 0.717) is 75.5 Å². The first-order chi connectivity index (χ1) is 16.5. The number of ether oxygens (including phenoxy) is 2. The summed E-state index contributed by atoms with van der Waals surface area (Å²) in [5.74, 6) is -0.516. The molecular weight excluding hydrogens is 468 g/mol. The molecule has 2 N–H and O–H groups in total. The van der Waals surface area contributed by atoms with E-state index in [1.807, 2.05) is 41.5 Å². The third-order valence-electron chi connectivity index (χ3n) is 7.50. The second-order valence-electron chi connectivity index (χ2n) is 12.8. The molecule has 2 amide bonds. The van der Waals surface area contributed by atoms with Crippen molar-refractivity contribution in [3.05, 3.63) is 0 Å². The van der Waals surface area contributed by atoms with Crippen LogP contribution in [0.15, 0.2) is 0 Å². The number of fused-ring (bicyclic) bond motifs is 2. The molecule has 2 saturated carbocycles. The molecule has 0 bridgehead atoms. The molecule has 2 aliphatic heterocycles. The molecule has 6 atom stereocenters. The van der Waals surface area contributed by atoms with Gasteiger partial charge in [0.15, 0.2) is 0 Å². The molecule has 10 nitrogen and oxygen atoms in total. The number of carbonyl (C=O) groups is 4. The first-order valence-electron chi connectivity index (χ1n) is 12.9. The number of carboxylic acids is 2. The summed E-state index contributed by atoms with van der Waals surface area (Å²) in [4.78, 5) is 49.1. The lowest BCUT2D eigenvalue weighted by Crippen LogP contribution is -2.36. The highest BCUT2D eigenvalue weighted by atomic mass is 16.6. The van der Waals surface area contributed by atoms with Gasteiger partial charge in [-0.25, -0.2) is 9.59 Å². The zero-order valence-electron chi connectivity index (χ0n) is 22.4. The van der Waals surface area contributed by atoms with Gasteiger partial charge >= 0.3 is 24.1 Å². The van der Waals surface area contributed by atoms with Crippen LogP contribution >= 0.6 is 0 Å². The van der Waals surface area contributed by atoms with Crippen LogP contribution in [0.5, 0.6) is 0 Å². The smallest absolute Gasteiger partial charge is 0.410 e. The molecule has 0 aromatic heterocycles. The van der Waals surface area contributed by atoms with Gasteiger partial charge in [0.1, 0.15) is 11.2 Å². The summed E-state index contributed by atoms with van der Waals surface area (Å²) in [7, 11) is 0. The summed E-state index contributed by atoms with van der Waals surface area (Å²) in [5, 5.41) is 18.0. The van der Waals surface area contributed by atoms with Gasteiger partial charge in [0, 0.05) is 26.2 Å². The number of likely N-dealkylation sites (tertiary alicyclic amines) is 2. The molecule has 204 valence electrons. The molecule has 0 radical (unpaired) electrons. The van der Waals surface area contributed by atoms with Crippen LogP contribution in [0.3, 0.4) is 0 Å². The van der Waals surface area contributed by atoms with Crippen molar-refractivity contribution < 1.29 is 38.9 Å². The SMILES string of the molecule is CC(C)(C)OC(=O)N1C[C@H]2CC(C(=O)O)C[C@H]2C1.CC(C)(C)OC(=O)N1C[C@H]2CC(C(=O)O)C[C@H]2C1. The minimum absolute atomic E-state index is 0.221. The van der Waals surface area contributed by atoms with Crippen molar-refractivity contribution in [3.63, 3.8) is 0 Å². The molecule has 36 heavy (non-hydrogen) atoms. The molecule has 4 fully saturated rings. The fraction of sp³-hybridized carbons (Fsp3) is 0.846. The Labute approximate surface area is 213 Å². The van der Waals surface area contributed by atoms with Crippen molar-refractivity contribution in [1.82, 2.24) is 9.80 Å². The predicted molar refractivity (Wildman–Crippen MR) is 130 cm³/mol. The Morgan fingerprint density at radius 2 is 0.833 bits per heavy atom. The Hall–Kier alpha value is -2.52. The molecule has 10 heteroatoms. The highest BCUT2D eigenvalue weighted by Crippen LogP contribution is 2.43. The van der Waals surface area contributed by atoms with Gasteiger partial charge < -0.3 is 29.5 Å². The quantitative estimate of drug-likeness (QED) is 0.571. The highest BCUT2D eigenvalue weighted by molar-refractivity contribution is 5.72. The zero-order chi connectivity index (χ0) is 27.0. The second kappa shape index (κ2) is 10.5. The summed E-state index contributed by atoms with van der Waals surface area (Å²) in [6.45, 7) is 13.7. The average Bonchev–Trinajstić information content (AvgIpc) is 3.43. The van der Waals surface area contributed by atoms with Crippen molar-refractivity contribution in [3.8, 4) is 0 Å². The van der Waals surface area contributed by atoms with Gasteiger partial charge in [0.25, 0.3) is 0 Å². The van der Waals surface area contributed by atoms with E-state index in [4.69, 9.17) is 19.7 Å². The fourth-order valence-electron chi connectivity index (χ4n) is 5.95. The number of amides is 2. The van der Waals surface area contributed by atoms with Gasteiger partial charge in [0.05, 0.1) is 11.8 Å². The number of nitrogens with zero attached hydrogens (tertiary/aromatic N) is 2. The molecule has 4 aliphatic rings. The maximum atomic E-state index is 11.9. The number of carboxylic acid groups (broad SMARTS) is 2. The van der Waals surface area contributed by atoms with Crippen LogP contribution in [0.25, 0.3) is 0 Å². The van der Waals surface area contributed by atoms with Crippen molar-refractivity contribution in [2.45, 2.75) is 78.4 Å². The Balaban J connectivity index is 0.000000201. The molecule has 2 unspecified atom stereocenters. The molecule has 2 saturated heterocycles. The van der Waals surface area contributed by atoms with Crippen LogP contribution < -0.4 is 0 Å². The fourth-order valence-corrected chi connectivity index (χ4v) is 5.95. The first kappa shape index (κ1) is 28.1. The first-order valence-corrected chi connectivity index (χ1v) is 12.9. The van der Waals surface area contributed by atoms with Crippen molar-refractivity contribution in [2.75, 3.05) is 26.2 Å². The van der Waals surface area contributed by atoms with Crippen molar-refractivity contribution >= 4 is 24.1 Å². The number of hydrogen-bond donors (Lipinski definition) is 2. The molecule has 2 aliphatic carbocycles. The Morgan fingerprint density at radius 1 is 0.583 bits per heavy atom. The summed E-state index contributed by atoms with van der Waals surface area (Å²) in [6, 6.07) is 0. The van der Waals surface area contributed by atoms with Gasteiger partial charge in [-0.05, 0) is 90.9 Å². The van der Waals surface area contributed by atoms with E-state index in [2.05, 4.69) is 0 Å². The minimum atomic E-state index is -0.701. The van der Waals surface area contributed by atoms with E-state index in [0.717, 1.165) is 0 Å². The second-order valence-corrected chi connectivity index (χ2v) is 12.8. The van der Waals surface area contributed by atoms with E-state index in [9.17, 15) is 19.2 Å². The molecular formula is C26H42N2O8. The van der Waals surface area contributed by atoms with E-state index >= 15 is 0 Å². The molecule has 4 rings (SSSR count). The summed E-state index contributed by atoms with van der Waals surface area (Å²) in [5.41, 5.74) is -0.948. The van der Waals surface area contributed by atoms with Gasteiger partial charge in [-0.15, -0.1) is 0 Å². The van der Waals surface area contributed by atoms with Crippen LogP contribution in [0, 0.1) is 35.5 Å². The Bertz CT molecular complexity index is 763. The number of aliphatic carboxylic acids is 2. The van der Waals surface area contributed by atoms with Crippen molar-refractivity contribution in [2.24, 2.45) is 35.5 Å². The summed E-state index contributed by atoms with van der Waals surface area (Å²) in [6.07, 6.45) is 2.23. The number of carbonyl (C=O) groups excluding carboxylic acids is 2. The minimum Gasteiger partial charge on any atom is -0.481 e. The largest absolute Gasteiger partial charge is 0.481 e. The molecule has 2 heterocycles. The average molecular weight is 511 g/mol. The van der Waals surface area contributed by atoms with Gasteiger partial charge in [-0.2, -0.15) is 0 Å². The molecule has 0 spiro atoms. The van der Waals surface area contributed by atoms with E-state index in [1.54, 1.807) is 9.80 Å². The molecule has 0 aromatic carbocycles. The zero-order valence-corrected chi connectivity index (χ0v) is 22.4. The van der Waals surface area contributed by atoms with Crippen LogP contribution in [0.2, 0.25) is 0 Å². The monoisotopic (exact) mass is 510 g/mol. The normalized spacial score (nSPS) is 31.3. The van der Waals surface area contributed by atoms with Gasteiger partial charge in [0.2, 0.25) is 0 Å². The Morgan fingerprint density at radius 3 is 1.03 bits per heavy atom. The number of hydrogen-bond acceptors (Lipinski definition) is 6. The lowest BCUT2D eigenvalue weighted by molar-refractivity contribution is -0.142. The Kier molecular flexibility index (Phi) is 8.15. The van der Waals surface area contributed by atoms with Gasteiger partial charge in [-0.1, -0.05) is 0 Å². The third kappa shape index (κ3) is 7.26. The van der Waals surface area contributed by atoms with Crippen LogP contribution in [-0.4, -0.2) is 81.5 Å². The predicted octanol–water partition coefficient (Wildman–Crippen LogP) is 3.93.